The van der Waals surface area contributed by atoms with Gasteiger partial charge in [0.25, 0.3) is 0 Å². The molecule has 0 heterocycles. The quantitative estimate of drug-likeness (QED) is 0.0955. The van der Waals surface area contributed by atoms with Crippen molar-refractivity contribution in [2.45, 2.75) is 36.9 Å². The van der Waals surface area contributed by atoms with E-state index in [0.29, 0.717) is 0 Å². The molecule has 0 aromatic heterocycles. The van der Waals surface area contributed by atoms with E-state index in [9.17, 15) is 34.8 Å². The van der Waals surface area contributed by atoms with Crippen molar-refractivity contribution in [1.29, 1.82) is 0 Å². The molecule has 0 fully saturated rings. The zero-order valence-electron chi connectivity index (χ0n) is 18.2. The van der Waals surface area contributed by atoms with Crippen LogP contribution in [0.5, 0.6) is 0 Å². The molecular formula is C21H32O12. The molecule has 33 heavy (non-hydrogen) atoms. The molecule has 5 unspecified atom stereocenters. The fraction of sp³-hybridized carbons (Fsp3) is 0.571. The normalized spacial score (nSPS) is 15.3. The Bertz CT molecular complexity index is 635. The molecule has 0 aromatic carbocycles. The summed E-state index contributed by atoms with van der Waals surface area (Å²) in [4.78, 5) is 33.1. The van der Waals surface area contributed by atoms with Gasteiger partial charge in [0.1, 0.15) is 38.1 Å². The van der Waals surface area contributed by atoms with Crippen LogP contribution in [-0.2, 0) is 38.1 Å². The summed E-state index contributed by atoms with van der Waals surface area (Å²) in [6, 6.07) is 0. The number of hydrogen-bond donors (Lipinski definition) is 4. The monoisotopic (exact) mass is 476 g/mol. The van der Waals surface area contributed by atoms with Crippen LogP contribution in [0, 0.1) is 0 Å². The van der Waals surface area contributed by atoms with E-state index < -0.39 is 55.0 Å². The molecule has 0 aliphatic rings. The minimum atomic E-state index is -1.33. The van der Waals surface area contributed by atoms with Gasteiger partial charge >= 0.3 is 17.9 Å². The topological polar surface area (TPSA) is 178 Å². The van der Waals surface area contributed by atoms with Gasteiger partial charge in [-0.3, -0.25) is 0 Å². The number of hydrogen-bond acceptors (Lipinski definition) is 12. The van der Waals surface area contributed by atoms with E-state index in [1.807, 2.05) is 0 Å². The van der Waals surface area contributed by atoms with Crippen LogP contribution in [-0.4, -0.2) is 108 Å². The van der Waals surface area contributed by atoms with Gasteiger partial charge in [0.15, 0.2) is 0 Å². The van der Waals surface area contributed by atoms with Crippen LogP contribution >= 0.6 is 0 Å². The van der Waals surface area contributed by atoms with Crippen LogP contribution in [0.1, 0.15) is 6.42 Å². The molecule has 0 bridgehead atoms. The third kappa shape index (κ3) is 15.8. The second-order valence-corrected chi connectivity index (χ2v) is 6.68. The van der Waals surface area contributed by atoms with E-state index in [1.165, 1.54) is 0 Å². The third-order valence-electron chi connectivity index (χ3n) is 3.79. The number of esters is 3. The van der Waals surface area contributed by atoms with Crippen LogP contribution < -0.4 is 0 Å². The zero-order valence-corrected chi connectivity index (χ0v) is 18.2. The molecule has 12 nitrogen and oxygen atoms in total. The molecule has 0 aliphatic heterocycles. The van der Waals surface area contributed by atoms with E-state index in [0.717, 1.165) is 18.2 Å². The summed E-state index contributed by atoms with van der Waals surface area (Å²) in [5.74, 6) is -2.21. The van der Waals surface area contributed by atoms with E-state index >= 15 is 0 Å². The number of ether oxygens (including phenoxy) is 5. The fourth-order valence-corrected chi connectivity index (χ4v) is 2.13. The van der Waals surface area contributed by atoms with E-state index in [4.69, 9.17) is 14.2 Å². The Hall–Kier alpha value is -2.61. The zero-order chi connectivity index (χ0) is 25.2. The number of rotatable bonds is 19. The van der Waals surface area contributed by atoms with Crippen LogP contribution in [0.25, 0.3) is 0 Å². The maximum absolute atomic E-state index is 11.1. The van der Waals surface area contributed by atoms with Gasteiger partial charge in [0.2, 0.25) is 0 Å². The first-order valence-electron chi connectivity index (χ1n) is 9.92. The predicted molar refractivity (Wildman–Crippen MR) is 113 cm³/mol. The first kappa shape index (κ1) is 30.4. The van der Waals surface area contributed by atoms with Gasteiger partial charge in [-0.2, -0.15) is 0 Å². The smallest absolute Gasteiger partial charge is 0.330 e. The second-order valence-electron chi connectivity index (χ2n) is 6.68. The molecule has 0 radical (unpaired) electrons. The summed E-state index contributed by atoms with van der Waals surface area (Å²) >= 11 is 0. The van der Waals surface area contributed by atoms with Crippen LogP contribution in [0.4, 0.5) is 0 Å². The minimum Gasteiger partial charge on any atom is -0.460 e. The standard InChI is InChI=1S/C21H32O12/c1-4-19(26)31-9-14(22)7-17(25)18(30-10-16(24)12-33-21(28)6-3)13-29-8-15(23)11-32-20(27)5-2/h4-6,14-18,22-25H,1-3,7-13H2. The number of aliphatic hydroxyl groups excluding tert-OH is 4. The molecule has 0 spiro atoms. The molecule has 0 aliphatic carbocycles. The van der Waals surface area contributed by atoms with E-state index in [-0.39, 0.29) is 39.5 Å². The van der Waals surface area contributed by atoms with Gasteiger partial charge in [0, 0.05) is 24.6 Å². The highest BCUT2D eigenvalue weighted by Gasteiger charge is 2.25. The van der Waals surface area contributed by atoms with Crippen molar-refractivity contribution in [3.8, 4) is 0 Å². The molecule has 12 heteroatoms. The third-order valence-corrected chi connectivity index (χ3v) is 3.79. The summed E-state index contributed by atoms with van der Waals surface area (Å²) < 4.78 is 24.7. The molecular weight excluding hydrogens is 444 g/mol. The van der Waals surface area contributed by atoms with Crippen LogP contribution in [0.15, 0.2) is 38.0 Å². The maximum atomic E-state index is 11.1. The highest BCUT2D eigenvalue weighted by Crippen LogP contribution is 2.10. The van der Waals surface area contributed by atoms with E-state index in [1.54, 1.807) is 0 Å². The Morgan fingerprint density at radius 3 is 1.52 bits per heavy atom. The first-order chi connectivity index (χ1) is 15.6. The molecule has 4 N–H and O–H groups in total. The molecule has 5 atom stereocenters. The number of aliphatic hydroxyl groups is 4. The van der Waals surface area contributed by atoms with Gasteiger partial charge in [-0.15, -0.1) is 0 Å². The van der Waals surface area contributed by atoms with Gasteiger partial charge in [-0.25, -0.2) is 14.4 Å². The Balaban J connectivity index is 4.74. The van der Waals surface area contributed by atoms with E-state index in [2.05, 4.69) is 29.2 Å². The molecule has 0 rings (SSSR count). The molecule has 0 amide bonds. The lowest BCUT2D eigenvalue weighted by Gasteiger charge is -2.26. The predicted octanol–water partition coefficient (Wildman–Crippen LogP) is -1.59. The van der Waals surface area contributed by atoms with Gasteiger partial charge in [-0.05, 0) is 0 Å². The average molecular weight is 476 g/mol. The average Bonchev–Trinajstić information content (AvgIpc) is 2.80. The van der Waals surface area contributed by atoms with Crippen LogP contribution in [0.2, 0.25) is 0 Å². The number of carbonyl (C=O) groups is 3. The Morgan fingerprint density at radius 1 is 0.636 bits per heavy atom. The largest absolute Gasteiger partial charge is 0.460 e. The second kappa shape index (κ2) is 17.9. The summed E-state index contributed by atoms with van der Waals surface area (Å²) in [6.45, 7) is 7.59. The lowest BCUT2D eigenvalue weighted by atomic mass is 10.1. The molecule has 0 saturated carbocycles. The van der Waals surface area contributed by atoms with Crippen molar-refractivity contribution in [3.05, 3.63) is 38.0 Å². The van der Waals surface area contributed by atoms with Crippen molar-refractivity contribution < 1.29 is 58.5 Å². The Morgan fingerprint density at radius 2 is 1.06 bits per heavy atom. The molecule has 188 valence electrons. The van der Waals surface area contributed by atoms with Crippen molar-refractivity contribution in [2.24, 2.45) is 0 Å². The molecule has 0 saturated heterocycles. The van der Waals surface area contributed by atoms with Gasteiger partial charge in [-0.1, -0.05) is 19.7 Å². The van der Waals surface area contributed by atoms with Crippen molar-refractivity contribution in [2.75, 3.05) is 39.6 Å². The highest BCUT2D eigenvalue weighted by atomic mass is 16.6. The first-order valence-corrected chi connectivity index (χ1v) is 9.92. The fourth-order valence-electron chi connectivity index (χ4n) is 2.13. The summed E-state index contributed by atoms with van der Waals surface area (Å²) in [5, 5.41) is 40.0. The van der Waals surface area contributed by atoms with Crippen molar-refractivity contribution in [1.82, 2.24) is 0 Å². The lowest BCUT2D eigenvalue weighted by Crippen LogP contribution is -2.40. The summed E-state index contributed by atoms with van der Waals surface area (Å²) in [5.41, 5.74) is 0. The SMILES string of the molecule is C=CC(=O)OCC(O)COCC(OCC(O)COC(=O)C=C)C(O)CC(O)COC(=O)C=C. The van der Waals surface area contributed by atoms with Crippen molar-refractivity contribution in [3.63, 3.8) is 0 Å². The lowest BCUT2D eigenvalue weighted by molar-refractivity contribution is -0.149. The number of carbonyl (C=O) groups excluding carboxylic acids is 3. The van der Waals surface area contributed by atoms with Crippen molar-refractivity contribution >= 4 is 17.9 Å². The Kier molecular flexibility index (Phi) is 16.5. The Labute approximate surface area is 191 Å². The van der Waals surface area contributed by atoms with Gasteiger partial charge < -0.3 is 44.1 Å². The molecule has 0 aromatic rings. The maximum Gasteiger partial charge on any atom is 0.330 e. The van der Waals surface area contributed by atoms with Crippen LogP contribution in [0.3, 0.4) is 0 Å². The summed E-state index contributed by atoms with van der Waals surface area (Å²) in [7, 11) is 0. The highest BCUT2D eigenvalue weighted by molar-refractivity contribution is 5.81. The minimum absolute atomic E-state index is 0.278. The van der Waals surface area contributed by atoms with Gasteiger partial charge in [0.05, 0.1) is 32.0 Å². The summed E-state index contributed by atoms with van der Waals surface area (Å²) in [6.07, 6.45) is -3.57.